The van der Waals surface area contributed by atoms with Crippen molar-refractivity contribution in [2.75, 3.05) is 19.0 Å². The number of nitrogens with zero attached hydrogens (tertiary/aromatic N) is 1. The summed E-state index contributed by atoms with van der Waals surface area (Å²) in [5, 5.41) is 4.12. The molecule has 0 atom stereocenters. The molecule has 1 heterocycles. The van der Waals surface area contributed by atoms with Crippen LogP contribution in [-0.2, 0) is 11.3 Å². The van der Waals surface area contributed by atoms with Crippen LogP contribution in [-0.4, -0.2) is 24.6 Å². The highest BCUT2D eigenvalue weighted by atomic mass is 16.5. The van der Waals surface area contributed by atoms with Crippen molar-refractivity contribution in [1.82, 2.24) is 4.98 Å². The van der Waals surface area contributed by atoms with E-state index in [0.29, 0.717) is 17.9 Å². The molecule has 1 N–H and O–H groups in total. The van der Waals surface area contributed by atoms with Crippen LogP contribution in [0.4, 0.5) is 5.69 Å². The topological polar surface area (TPSA) is 60.5 Å². The lowest BCUT2D eigenvalue weighted by Gasteiger charge is -2.12. The smallest absolute Gasteiger partial charge is 0.341 e. The summed E-state index contributed by atoms with van der Waals surface area (Å²) in [6.45, 7) is 2.36. The molecule has 0 saturated heterocycles. The number of para-hydroxylation sites is 1. The van der Waals surface area contributed by atoms with E-state index in [9.17, 15) is 4.79 Å². The maximum atomic E-state index is 12.1. The standard InChI is InChI=1S/C20H20N2O3/c1-3-24-20(23)17-11-10-15(21-2)12-19(17)25-13-16-9-8-14-6-4-5-7-18(14)22-16/h4-12,21H,3,13H2,1-2H3. The molecule has 0 bridgehead atoms. The Labute approximate surface area is 146 Å². The van der Waals surface area contributed by atoms with Crippen LogP contribution in [0.15, 0.2) is 54.6 Å². The van der Waals surface area contributed by atoms with Gasteiger partial charge in [-0.05, 0) is 31.2 Å². The van der Waals surface area contributed by atoms with Crippen molar-refractivity contribution in [2.45, 2.75) is 13.5 Å². The molecule has 0 unspecified atom stereocenters. The number of pyridine rings is 1. The fourth-order valence-corrected chi connectivity index (χ4v) is 2.52. The first kappa shape index (κ1) is 16.8. The highest BCUT2D eigenvalue weighted by Crippen LogP contribution is 2.25. The van der Waals surface area contributed by atoms with Crippen molar-refractivity contribution in [3.8, 4) is 5.75 Å². The van der Waals surface area contributed by atoms with Gasteiger partial charge in [0.25, 0.3) is 0 Å². The minimum Gasteiger partial charge on any atom is -0.486 e. The number of fused-ring (bicyclic) bond motifs is 1. The van der Waals surface area contributed by atoms with E-state index in [2.05, 4.69) is 10.3 Å². The van der Waals surface area contributed by atoms with Crippen molar-refractivity contribution in [1.29, 1.82) is 0 Å². The van der Waals surface area contributed by atoms with E-state index < -0.39 is 5.97 Å². The van der Waals surface area contributed by atoms with Gasteiger partial charge in [-0.15, -0.1) is 0 Å². The van der Waals surface area contributed by atoms with Crippen LogP contribution in [0.2, 0.25) is 0 Å². The molecule has 2 aromatic carbocycles. The van der Waals surface area contributed by atoms with Crippen LogP contribution in [0.1, 0.15) is 23.0 Å². The first-order valence-electron chi connectivity index (χ1n) is 8.17. The Bertz CT molecular complexity index is 893. The third-order valence-corrected chi connectivity index (χ3v) is 3.80. The van der Waals surface area contributed by atoms with Crippen molar-refractivity contribution >= 4 is 22.6 Å². The Morgan fingerprint density at radius 3 is 2.76 bits per heavy atom. The van der Waals surface area contributed by atoms with Gasteiger partial charge in [-0.3, -0.25) is 0 Å². The molecule has 0 spiro atoms. The number of esters is 1. The van der Waals surface area contributed by atoms with Gasteiger partial charge in [-0.2, -0.15) is 0 Å². The molecule has 0 saturated carbocycles. The third-order valence-electron chi connectivity index (χ3n) is 3.80. The summed E-state index contributed by atoms with van der Waals surface area (Å²) in [6, 6.07) is 17.1. The number of aromatic nitrogens is 1. The Hall–Kier alpha value is -3.08. The molecule has 0 aliphatic heterocycles. The highest BCUT2D eigenvalue weighted by Gasteiger charge is 2.15. The van der Waals surface area contributed by atoms with Crippen molar-refractivity contribution in [2.24, 2.45) is 0 Å². The molecule has 5 nitrogen and oxygen atoms in total. The number of rotatable bonds is 6. The zero-order valence-electron chi connectivity index (χ0n) is 14.3. The monoisotopic (exact) mass is 336 g/mol. The van der Waals surface area contributed by atoms with Gasteiger partial charge in [0.15, 0.2) is 0 Å². The fourth-order valence-electron chi connectivity index (χ4n) is 2.52. The second-order valence-electron chi connectivity index (χ2n) is 5.47. The van der Waals surface area contributed by atoms with Crippen molar-refractivity contribution < 1.29 is 14.3 Å². The largest absolute Gasteiger partial charge is 0.486 e. The van der Waals surface area contributed by atoms with Crippen LogP contribution in [0.5, 0.6) is 5.75 Å². The molecule has 0 fully saturated rings. The van der Waals surface area contributed by atoms with E-state index in [1.165, 1.54) is 0 Å². The Kier molecular flexibility index (Phi) is 5.14. The molecular formula is C20H20N2O3. The summed E-state index contributed by atoms with van der Waals surface area (Å²) in [6.07, 6.45) is 0. The van der Waals surface area contributed by atoms with Crippen LogP contribution in [0, 0.1) is 0 Å². The van der Waals surface area contributed by atoms with Gasteiger partial charge >= 0.3 is 5.97 Å². The second kappa shape index (κ2) is 7.66. The number of ether oxygens (including phenoxy) is 2. The quantitative estimate of drug-likeness (QED) is 0.689. The van der Waals surface area contributed by atoms with Crippen LogP contribution < -0.4 is 10.1 Å². The number of nitrogens with one attached hydrogen (secondary N) is 1. The summed E-state index contributed by atoms with van der Waals surface area (Å²) >= 11 is 0. The molecule has 1 aromatic heterocycles. The van der Waals surface area contributed by atoms with Gasteiger partial charge in [0.05, 0.1) is 17.8 Å². The Morgan fingerprint density at radius 2 is 1.96 bits per heavy atom. The van der Waals surface area contributed by atoms with Gasteiger partial charge in [0.2, 0.25) is 0 Å². The molecule has 3 rings (SSSR count). The minimum atomic E-state index is -0.397. The van der Waals surface area contributed by atoms with Gasteiger partial charge in [-0.1, -0.05) is 24.3 Å². The predicted octanol–water partition coefficient (Wildman–Crippen LogP) is 4.03. The minimum absolute atomic E-state index is 0.268. The second-order valence-corrected chi connectivity index (χ2v) is 5.47. The third kappa shape index (κ3) is 3.88. The molecule has 0 aliphatic rings. The SMILES string of the molecule is CCOC(=O)c1ccc(NC)cc1OCc1ccc2ccccc2n1. The summed E-state index contributed by atoms with van der Waals surface area (Å²) in [7, 11) is 1.81. The zero-order valence-corrected chi connectivity index (χ0v) is 14.3. The van der Waals surface area contributed by atoms with Gasteiger partial charge in [0.1, 0.15) is 17.9 Å². The van der Waals surface area contributed by atoms with Crippen LogP contribution in [0.25, 0.3) is 10.9 Å². The fraction of sp³-hybridized carbons (Fsp3) is 0.200. The summed E-state index contributed by atoms with van der Waals surface area (Å²) < 4.78 is 11.0. The number of anilines is 1. The van der Waals surface area contributed by atoms with E-state index in [-0.39, 0.29) is 6.61 Å². The molecule has 25 heavy (non-hydrogen) atoms. The average Bonchev–Trinajstić information content (AvgIpc) is 2.66. The molecule has 0 radical (unpaired) electrons. The summed E-state index contributed by atoms with van der Waals surface area (Å²) in [5.41, 5.74) is 2.97. The van der Waals surface area contributed by atoms with Gasteiger partial charge in [-0.25, -0.2) is 9.78 Å². The summed E-state index contributed by atoms with van der Waals surface area (Å²) in [5.74, 6) is 0.0758. The van der Waals surface area contributed by atoms with E-state index in [4.69, 9.17) is 9.47 Å². The maximum Gasteiger partial charge on any atom is 0.341 e. The summed E-state index contributed by atoms with van der Waals surface area (Å²) in [4.78, 5) is 16.7. The zero-order chi connectivity index (χ0) is 17.6. The van der Waals surface area contributed by atoms with Gasteiger partial charge < -0.3 is 14.8 Å². The van der Waals surface area contributed by atoms with Crippen molar-refractivity contribution in [3.05, 3.63) is 65.9 Å². The molecule has 5 heteroatoms. The average molecular weight is 336 g/mol. The molecule has 0 aliphatic carbocycles. The molecule has 128 valence electrons. The lowest BCUT2D eigenvalue weighted by atomic mass is 10.1. The lowest BCUT2D eigenvalue weighted by molar-refractivity contribution is 0.0521. The maximum absolute atomic E-state index is 12.1. The Morgan fingerprint density at radius 1 is 1.12 bits per heavy atom. The van der Waals surface area contributed by atoms with Gasteiger partial charge in [0, 0.05) is 24.2 Å². The predicted molar refractivity (Wildman–Crippen MR) is 98.0 cm³/mol. The Balaban J connectivity index is 1.83. The number of hydrogen-bond donors (Lipinski definition) is 1. The first-order chi connectivity index (χ1) is 12.2. The molecule has 0 amide bonds. The van der Waals surface area contributed by atoms with Crippen molar-refractivity contribution in [3.63, 3.8) is 0 Å². The number of carbonyl (C=O) groups excluding carboxylic acids is 1. The molecule has 3 aromatic rings. The number of benzene rings is 2. The normalized spacial score (nSPS) is 10.5. The molecular weight excluding hydrogens is 316 g/mol. The van der Waals surface area contributed by atoms with Crippen LogP contribution in [0.3, 0.4) is 0 Å². The van der Waals surface area contributed by atoms with E-state index in [1.54, 1.807) is 19.1 Å². The van der Waals surface area contributed by atoms with E-state index in [0.717, 1.165) is 22.3 Å². The van der Waals surface area contributed by atoms with E-state index in [1.807, 2.05) is 49.5 Å². The van der Waals surface area contributed by atoms with Crippen LogP contribution >= 0.6 is 0 Å². The number of carbonyl (C=O) groups is 1. The lowest BCUT2D eigenvalue weighted by Crippen LogP contribution is -2.09. The first-order valence-corrected chi connectivity index (χ1v) is 8.17. The highest BCUT2D eigenvalue weighted by molar-refractivity contribution is 5.93. The van der Waals surface area contributed by atoms with E-state index >= 15 is 0 Å². The number of hydrogen-bond acceptors (Lipinski definition) is 5.